The van der Waals surface area contributed by atoms with Crippen LogP contribution in [0.5, 0.6) is 0 Å². The Morgan fingerprint density at radius 2 is 2.26 bits per heavy atom. The van der Waals surface area contributed by atoms with Crippen LogP contribution in [0.25, 0.3) is 0 Å². The Morgan fingerprint density at radius 1 is 1.47 bits per heavy atom. The van der Waals surface area contributed by atoms with Gasteiger partial charge in [0, 0.05) is 17.6 Å². The SMILES string of the molecule is CC1CCCC(CNc2ccc(Cl)cc2[N+](=O)[O-])C1. The molecule has 0 radical (unpaired) electrons. The maximum atomic E-state index is 11.0. The lowest BCUT2D eigenvalue weighted by Crippen LogP contribution is -2.21. The fraction of sp³-hybridized carbons (Fsp3) is 0.571. The van der Waals surface area contributed by atoms with Crippen LogP contribution >= 0.6 is 11.6 Å². The Balaban J connectivity index is 2.01. The van der Waals surface area contributed by atoms with E-state index in [0.717, 1.165) is 12.5 Å². The van der Waals surface area contributed by atoms with Gasteiger partial charge in [0.1, 0.15) is 5.69 Å². The molecule has 1 aromatic carbocycles. The lowest BCUT2D eigenvalue weighted by atomic mass is 9.82. The van der Waals surface area contributed by atoms with Crippen molar-refractivity contribution >= 4 is 23.0 Å². The summed E-state index contributed by atoms with van der Waals surface area (Å²) in [6.07, 6.45) is 4.97. The van der Waals surface area contributed by atoms with Crippen molar-refractivity contribution in [3.63, 3.8) is 0 Å². The molecule has 5 heteroatoms. The second-order valence-electron chi connectivity index (χ2n) is 5.44. The number of rotatable bonds is 4. The van der Waals surface area contributed by atoms with Gasteiger partial charge in [0.15, 0.2) is 0 Å². The van der Waals surface area contributed by atoms with E-state index in [1.165, 1.54) is 31.7 Å². The zero-order chi connectivity index (χ0) is 13.8. The maximum Gasteiger partial charge on any atom is 0.293 e. The number of nitro benzene ring substituents is 1. The van der Waals surface area contributed by atoms with E-state index in [4.69, 9.17) is 11.6 Å². The zero-order valence-corrected chi connectivity index (χ0v) is 11.8. The van der Waals surface area contributed by atoms with E-state index in [0.29, 0.717) is 16.6 Å². The molecule has 2 rings (SSSR count). The summed E-state index contributed by atoms with van der Waals surface area (Å²) in [4.78, 5) is 10.6. The first-order valence-corrected chi connectivity index (χ1v) is 7.12. The molecule has 2 atom stereocenters. The van der Waals surface area contributed by atoms with Gasteiger partial charge in [-0.05, 0) is 36.8 Å². The van der Waals surface area contributed by atoms with E-state index in [-0.39, 0.29) is 5.69 Å². The Labute approximate surface area is 118 Å². The van der Waals surface area contributed by atoms with Crippen LogP contribution < -0.4 is 5.32 Å². The van der Waals surface area contributed by atoms with Gasteiger partial charge in [0.05, 0.1) is 4.92 Å². The Bertz CT molecular complexity index is 465. The number of nitrogens with one attached hydrogen (secondary N) is 1. The third kappa shape index (κ3) is 3.83. The number of hydrogen-bond donors (Lipinski definition) is 1. The van der Waals surface area contributed by atoms with Gasteiger partial charge in [-0.3, -0.25) is 10.1 Å². The summed E-state index contributed by atoms with van der Waals surface area (Å²) < 4.78 is 0. The van der Waals surface area contributed by atoms with Gasteiger partial charge in [-0.2, -0.15) is 0 Å². The maximum absolute atomic E-state index is 11.0. The summed E-state index contributed by atoms with van der Waals surface area (Å²) in [5.74, 6) is 1.37. The van der Waals surface area contributed by atoms with Crippen molar-refractivity contribution in [2.24, 2.45) is 11.8 Å². The number of benzene rings is 1. The van der Waals surface area contributed by atoms with Crippen molar-refractivity contribution in [3.05, 3.63) is 33.3 Å². The minimum absolute atomic E-state index is 0.0522. The predicted molar refractivity (Wildman–Crippen MR) is 77.7 cm³/mol. The normalized spacial score (nSPS) is 23.1. The number of nitrogens with zero attached hydrogens (tertiary/aromatic N) is 1. The Morgan fingerprint density at radius 3 is 2.95 bits per heavy atom. The Hall–Kier alpha value is -1.29. The minimum Gasteiger partial charge on any atom is -0.379 e. The highest BCUT2D eigenvalue weighted by atomic mass is 35.5. The molecule has 1 N–H and O–H groups in total. The van der Waals surface area contributed by atoms with Gasteiger partial charge in [-0.15, -0.1) is 0 Å². The van der Waals surface area contributed by atoms with E-state index < -0.39 is 4.92 Å². The van der Waals surface area contributed by atoms with Crippen molar-refractivity contribution in [2.75, 3.05) is 11.9 Å². The molecule has 0 aromatic heterocycles. The summed E-state index contributed by atoms with van der Waals surface area (Å²) in [6, 6.07) is 4.76. The average Bonchev–Trinajstić information content (AvgIpc) is 2.37. The first-order chi connectivity index (χ1) is 9.06. The molecule has 2 unspecified atom stereocenters. The van der Waals surface area contributed by atoms with E-state index in [1.54, 1.807) is 12.1 Å². The van der Waals surface area contributed by atoms with E-state index in [1.807, 2.05) is 0 Å². The molecule has 0 saturated heterocycles. The summed E-state index contributed by atoms with van der Waals surface area (Å²) in [7, 11) is 0. The van der Waals surface area contributed by atoms with Crippen molar-refractivity contribution < 1.29 is 4.92 Å². The van der Waals surface area contributed by atoms with Crippen LogP contribution in [0.2, 0.25) is 5.02 Å². The summed E-state index contributed by atoms with van der Waals surface area (Å²) >= 11 is 5.80. The molecule has 1 aliphatic rings. The van der Waals surface area contributed by atoms with Crippen LogP contribution in [-0.2, 0) is 0 Å². The van der Waals surface area contributed by atoms with Crippen molar-refractivity contribution in [3.8, 4) is 0 Å². The molecule has 1 saturated carbocycles. The smallest absolute Gasteiger partial charge is 0.293 e. The second-order valence-corrected chi connectivity index (χ2v) is 5.87. The third-order valence-electron chi connectivity index (χ3n) is 3.78. The number of hydrogen-bond acceptors (Lipinski definition) is 3. The largest absolute Gasteiger partial charge is 0.379 e. The minimum atomic E-state index is -0.391. The standard InChI is InChI=1S/C14H19ClN2O2/c1-10-3-2-4-11(7-10)9-16-13-6-5-12(15)8-14(13)17(18)19/h5-6,8,10-11,16H,2-4,7,9H2,1H3. The highest BCUT2D eigenvalue weighted by molar-refractivity contribution is 6.30. The predicted octanol–water partition coefficient (Wildman–Crippen LogP) is 4.49. The van der Waals surface area contributed by atoms with E-state index >= 15 is 0 Å². The molecule has 104 valence electrons. The van der Waals surface area contributed by atoms with Crippen LogP contribution in [0, 0.1) is 22.0 Å². The lowest BCUT2D eigenvalue weighted by Gasteiger charge is -2.27. The van der Waals surface area contributed by atoms with Crippen LogP contribution in [-0.4, -0.2) is 11.5 Å². The van der Waals surface area contributed by atoms with E-state index in [2.05, 4.69) is 12.2 Å². The zero-order valence-electron chi connectivity index (χ0n) is 11.1. The molecule has 4 nitrogen and oxygen atoms in total. The summed E-state index contributed by atoms with van der Waals surface area (Å²) in [6.45, 7) is 3.07. The van der Waals surface area contributed by atoms with Gasteiger partial charge < -0.3 is 5.32 Å². The van der Waals surface area contributed by atoms with Crippen molar-refractivity contribution in [1.29, 1.82) is 0 Å². The van der Waals surface area contributed by atoms with Gasteiger partial charge >= 0.3 is 0 Å². The summed E-state index contributed by atoms with van der Waals surface area (Å²) in [5, 5.41) is 14.6. The monoisotopic (exact) mass is 282 g/mol. The number of anilines is 1. The van der Waals surface area contributed by atoms with E-state index in [9.17, 15) is 10.1 Å². The lowest BCUT2D eigenvalue weighted by molar-refractivity contribution is -0.383. The molecule has 1 fully saturated rings. The summed E-state index contributed by atoms with van der Waals surface area (Å²) in [5.41, 5.74) is 0.615. The average molecular weight is 283 g/mol. The molecular formula is C14H19ClN2O2. The third-order valence-corrected chi connectivity index (χ3v) is 4.02. The highest BCUT2D eigenvalue weighted by Gasteiger charge is 2.20. The van der Waals surface area contributed by atoms with Crippen LogP contribution in [0.4, 0.5) is 11.4 Å². The molecular weight excluding hydrogens is 264 g/mol. The molecule has 0 bridgehead atoms. The first-order valence-electron chi connectivity index (χ1n) is 6.74. The van der Waals surface area contributed by atoms with Gasteiger partial charge in [0.2, 0.25) is 0 Å². The molecule has 0 aliphatic heterocycles. The molecule has 1 aromatic rings. The highest BCUT2D eigenvalue weighted by Crippen LogP contribution is 2.31. The fourth-order valence-corrected chi connectivity index (χ4v) is 2.97. The van der Waals surface area contributed by atoms with Crippen LogP contribution in [0.15, 0.2) is 18.2 Å². The molecule has 19 heavy (non-hydrogen) atoms. The van der Waals surface area contributed by atoms with Gasteiger partial charge in [-0.1, -0.05) is 31.4 Å². The van der Waals surface area contributed by atoms with Crippen molar-refractivity contribution in [1.82, 2.24) is 0 Å². The van der Waals surface area contributed by atoms with Gasteiger partial charge in [0.25, 0.3) is 5.69 Å². The van der Waals surface area contributed by atoms with Gasteiger partial charge in [-0.25, -0.2) is 0 Å². The van der Waals surface area contributed by atoms with Crippen molar-refractivity contribution in [2.45, 2.75) is 32.6 Å². The fourth-order valence-electron chi connectivity index (χ4n) is 2.80. The Kier molecular flexibility index (Phi) is 4.64. The van der Waals surface area contributed by atoms with Crippen LogP contribution in [0.1, 0.15) is 32.6 Å². The number of halogens is 1. The first kappa shape index (κ1) is 14.1. The second kappa shape index (κ2) is 6.24. The molecule has 0 amide bonds. The molecule has 0 spiro atoms. The molecule has 1 aliphatic carbocycles. The van der Waals surface area contributed by atoms with Crippen LogP contribution in [0.3, 0.4) is 0 Å². The quantitative estimate of drug-likeness (QED) is 0.654. The molecule has 0 heterocycles. The number of nitro groups is 1. The topological polar surface area (TPSA) is 55.2 Å².